The molecule has 3 aliphatic carbocycles. The molecule has 2 fully saturated rings. The fourth-order valence-corrected chi connectivity index (χ4v) is 6.21. The Morgan fingerprint density at radius 3 is 2.83 bits per heavy atom. The van der Waals surface area contributed by atoms with Crippen molar-refractivity contribution in [3.8, 4) is 5.75 Å². The molecule has 3 nitrogen and oxygen atoms in total. The third-order valence-electron chi connectivity index (χ3n) is 7.43. The molecule has 1 aromatic rings. The van der Waals surface area contributed by atoms with E-state index in [0.717, 1.165) is 25.0 Å². The van der Waals surface area contributed by atoms with Crippen molar-refractivity contribution in [3.05, 3.63) is 29.3 Å². The van der Waals surface area contributed by atoms with E-state index in [9.17, 15) is 5.11 Å². The van der Waals surface area contributed by atoms with Gasteiger partial charge in [-0.2, -0.15) is 0 Å². The van der Waals surface area contributed by atoms with E-state index in [1.165, 1.54) is 18.4 Å². The lowest BCUT2D eigenvalue weighted by Gasteiger charge is -2.50. The predicted molar refractivity (Wildman–Crippen MR) is 94.4 cm³/mol. The summed E-state index contributed by atoms with van der Waals surface area (Å²) in [6.07, 6.45) is 5.64. The quantitative estimate of drug-likeness (QED) is 0.916. The highest BCUT2D eigenvalue weighted by atomic mass is 16.5. The molecule has 0 saturated heterocycles. The monoisotopic (exact) mass is 330 g/mol. The third-order valence-corrected chi connectivity index (χ3v) is 7.43. The van der Waals surface area contributed by atoms with E-state index in [0.29, 0.717) is 30.3 Å². The summed E-state index contributed by atoms with van der Waals surface area (Å²) in [5.41, 5.74) is 3.10. The van der Waals surface area contributed by atoms with E-state index in [2.05, 4.69) is 25.1 Å². The van der Waals surface area contributed by atoms with Crippen LogP contribution in [0.4, 0.5) is 0 Å². The van der Waals surface area contributed by atoms with Gasteiger partial charge in [0, 0.05) is 13.0 Å². The topological polar surface area (TPSA) is 38.7 Å². The smallest absolute Gasteiger partial charge is 0.119 e. The first-order valence-corrected chi connectivity index (χ1v) is 9.42. The molecule has 0 bridgehead atoms. The van der Waals surface area contributed by atoms with Crippen LogP contribution in [-0.2, 0) is 11.2 Å². The second kappa shape index (κ2) is 6.03. The number of benzene rings is 1. The van der Waals surface area contributed by atoms with Crippen molar-refractivity contribution in [1.82, 2.24) is 0 Å². The Kier molecular flexibility index (Phi) is 4.12. The lowest BCUT2D eigenvalue weighted by Crippen LogP contribution is -2.44. The lowest BCUT2D eigenvalue weighted by atomic mass is 9.55. The summed E-state index contributed by atoms with van der Waals surface area (Å²) in [5.74, 6) is 3.28. The van der Waals surface area contributed by atoms with Crippen molar-refractivity contribution in [2.75, 3.05) is 20.8 Å². The SMILES string of the molecule is COC[C@@H]1C[C@H]2[C@@H]3CCc4cc(OC)ccc4[C@H]3CC[C@@]2(C)[C@H]1O. The van der Waals surface area contributed by atoms with Crippen LogP contribution in [-0.4, -0.2) is 32.0 Å². The summed E-state index contributed by atoms with van der Waals surface area (Å²) >= 11 is 0. The zero-order valence-corrected chi connectivity index (χ0v) is 15.1. The first kappa shape index (κ1) is 16.4. The molecule has 0 radical (unpaired) electrons. The Morgan fingerprint density at radius 2 is 2.08 bits per heavy atom. The van der Waals surface area contributed by atoms with E-state index in [1.54, 1.807) is 19.8 Å². The number of ether oxygens (including phenoxy) is 2. The highest BCUT2D eigenvalue weighted by molar-refractivity contribution is 5.40. The minimum atomic E-state index is -0.208. The van der Waals surface area contributed by atoms with Crippen LogP contribution < -0.4 is 4.74 Å². The van der Waals surface area contributed by atoms with E-state index >= 15 is 0 Å². The maximum absolute atomic E-state index is 10.9. The molecule has 3 aliphatic rings. The van der Waals surface area contributed by atoms with Crippen molar-refractivity contribution in [3.63, 3.8) is 0 Å². The number of methoxy groups -OCH3 is 2. The second-order valence-corrected chi connectivity index (χ2v) is 8.42. The van der Waals surface area contributed by atoms with Gasteiger partial charge in [0.15, 0.2) is 0 Å². The Morgan fingerprint density at radius 1 is 1.25 bits per heavy atom. The standard InChI is InChI=1S/C21H30O3/c1-21-9-8-17-16-7-5-15(24-3)10-13(16)4-6-18(17)19(21)11-14(12-23-2)20(21)22/h5,7,10,14,17-20,22H,4,6,8-9,11-12H2,1-3H3/t14-,17+,18+,19-,20-,21+/m0/s1. The van der Waals surface area contributed by atoms with Gasteiger partial charge in [-0.15, -0.1) is 0 Å². The first-order valence-electron chi connectivity index (χ1n) is 9.42. The van der Waals surface area contributed by atoms with Crippen LogP contribution in [0.3, 0.4) is 0 Å². The van der Waals surface area contributed by atoms with Crippen LogP contribution in [0, 0.1) is 23.2 Å². The number of rotatable bonds is 3. The molecule has 1 N–H and O–H groups in total. The van der Waals surface area contributed by atoms with Gasteiger partial charge in [0.05, 0.1) is 19.8 Å². The summed E-state index contributed by atoms with van der Waals surface area (Å²) < 4.78 is 10.8. The highest BCUT2D eigenvalue weighted by Crippen LogP contribution is 2.62. The number of aryl methyl sites for hydroxylation is 1. The molecule has 6 atom stereocenters. The van der Waals surface area contributed by atoms with Gasteiger partial charge in [-0.1, -0.05) is 13.0 Å². The highest BCUT2D eigenvalue weighted by Gasteiger charge is 2.57. The molecule has 0 aliphatic heterocycles. The number of hydrogen-bond donors (Lipinski definition) is 1. The Balaban J connectivity index is 1.64. The number of aliphatic hydroxyl groups is 1. The molecule has 3 heteroatoms. The number of fused-ring (bicyclic) bond motifs is 5. The molecule has 24 heavy (non-hydrogen) atoms. The Labute approximate surface area is 145 Å². The van der Waals surface area contributed by atoms with Gasteiger partial charge in [0.1, 0.15) is 5.75 Å². The van der Waals surface area contributed by atoms with Crippen molar-refractivity contribution < 1.29 is 14.6 Å². The van der Waals surface area contributed by atoms with E-state index in [-0.39, 0.29) is 11.5 Å². The van der Waals surface area contributed by atoms with Crippen molar-refractivity contribution in [2.45, 2.75) is 51.0 Å². The zero-order valence-electron chi connectivity index (χ0n) is 15.1. The number of hydrogen-bond acceptors (Lipinski definition) is 3. The van der Waals surface area contributed by atoms with Crippen LogP contribution in [0.1, 0.15) is 49.7 Å². The number of aliphatic hydroxyl groups excluding tert-OH is 1. The Hall–Kier alpha value is -1.06. The fraction of sp³-hybridized carbons (Fsp3) is 0.714. The average molecular weight is 330 g/mol. The van der Waals surface area contributed by atoms with Gasteiger partial charge in [0.25, 0.3) is 0 Å². The van der Waals surface area contributed by atoms with Gasteiger partial charge in [-0.25, -0.2) is 0 Å². The van der Waals surface area contributed by atoms with E-state index in [1.807, 2.05) is 0 Å². The first-order chi connectivity index (χ1) is 11.6. The summed E-state index contributed by atoms with van der Waals surface area (Å²) in [6.45, 7) is 3.02. The molecule has 132 valence electrons. The van der Waals surface area contributed by atoms with Gasteiger partial charge >= 0.3 is 0 Å². The van der Waals surface area contributed by atoms with Crippen molar-refractivity contribution >= 4 is 0 Å². The molecule has 0 heterocycles. The molecule has 4 rings (SSSR count). The maximum atomic E-state index is 10.9. The summed E-state index contributed by atoms with van der Waals surface area (Å²) in [5, 5.41) is 10.9. The van der Waals surface area contributed by atoms with Crippen molar-refractivity contribution in [2.24, 2.45) is 23.2 Å². The molecular formula is C21H30O3. The van der Waals surface area contributed by atoms with Crippen LogP contribution in [0.25, 0.3) is 0 Å². The van der Waals surface area contributed by atoms with Crippen LogP contribution in [0.15, 0.2) is 18.2 Å². The largest absolute Gasteiger partial charge is 0.497 e. The van der Waals surface area contributed by atoms with Gasteiger partial charge in [0.2, 0.25) is 0 Å². The fourth-order valence-electron chi connectivity index (χ4n) is 6.21. The minimum Gasteiger partial charge on any atom is -0.497 e. The summed E-state index contributed by atoms with van der Waals surface area (Å²) in [6, 6.07) is 6.65. The third kappa shape index (κ3) is 2.32. The second-order valence-electron chi connectivity index (χ2n) is 8.42. The van der Waals surface area contributed by atoms with Crippen LogP contribution >= 0.6 is 0 Å². The lowest BCUT2D eigenvalue weighted by molar-refractivity contribution is -0.0404. The van der Waals surface area contributed by atoms with Gasteiger partial charge in [-0.05, 0) is 78.5 Å². The van der Waals surface area contributed by atoms with Gasteiger partial charge < -0.3 is 14.6 Å². The summed E-state index contributed by atoms with van der Waals surface area (Å²) in [4.78, 5) is 0. The molecular weight excluding hydrogens is 300 g/mol. The Bertz CT molecular complexity index is 613. The molecule has 1 aromatic carbocycles. The average Bonchev–Trinajstić information content (AvgIpc) is 2.86. The van der Waals surface area contributed by atoms with E-state index in [4.69, 9.17) is 9.47 Å². The maximum Gasteiger partial charge on any atom is 0.119 e. The van der Waals surface area contributed by atoms with Gasteiger partial charge in [-0.3, -0.25) is 0 Å². The molecule has 2 saturated carbocycles. The van der Waals surface area contributed by atoms with Crippen molar-refractivity contribution in [1.29, 1.82) is 0 Å². The molecule has 0 spiro atoms. The van der Waals surface area contributed by atoms with Crippen LogP contribution in [0.5, 0.6) is 5.75 Å². The predicted octanol–water partition coefficient (Wildman–Crippen LogP) is 3.78. The molecule has 0 aromatic heterocycles. The minimum absolute atomic E-state index is 0.0777. The normalized spacial score (nSPS) is 40.6. The summed E-state index contributed by atoms with van der Waals surface area (Å²) in [7, 11) is 3.50. The van der Waals surface area contributed by atoms with Crippen LogP contribution in [0.2, 0.25) is 0 Å². The van der Waals surface area contributed by atoms with E-state index < -0.39 is 0 Å². The molecule has 0 amide bonds. The molecule has 0 unspecified atom stereocenters. The zero-order chi connectivity index (χ0) is 16.9.